The maximum absolute atomic E-state index is 11.6. The van der Waals surface area contributed by atoms with Gasteiger partial charge in [0.1, 0.15) is 6.04 Å². The molecule has 0 spiro atoms. The van der Waals surface area contributed by atoms with Crippen molar-refractivity contribution in [3.8, 4) is 0 Å². The van der Waals surface area contributed by atoms with E-state index in [-0.39, 0.29) is 17.6 Å². The average Bonchev–Trinajstić information content (AvgIpc) is 2.34. The Bertz CT molecular complexity index is 486. The van der Waals surface area contributed by atoms with Crippen molar-refractivity contribution in [3.63, 3.8) is 0 Å². The van der Waals surface area contributed by atoms with Crippen molar-refractivity contribution in [2.75, 3.05) is 12.4 Å². The van der Waals surface area contributed by atoms with Gasteiger partial charge in [0.05, 0.1) is 12.0 Å². The first-order chi connectivity index (χ1) is 8.85. The maximum atomic E-state index is 11.6. The van der Waals surface area contributed by atoms with Crippen molar-refractivity contribution in [2.24, 2.45) is 5.92 Å². The molecular formula is C13H18N2O4. The lowest BCUT2D eigenvalue weighted by molar-refractivity contribution is -0.384. The largest absolute Gasteiger partial charge is 0.467 e. The van der Waals surface area contributed by atoms with E-state index in [1.807, 2.05) is 13.8 Å². The van der Waals surface area contributed by atoms with E-state index >= 15 is 0 Å². The first-order valence-electron chi connectivity index (χ1n) is 5.95. The molecular weight excluding hydrogens is 248 g/mol. The van der Waals surface area contributed by atoms with Gasteiger partial charge in [-0.2, -0.15) is 0 Å². The Morgan fingerprint density at radius 2 is 2.00 bits per heavy atom. The Kier molecular flexibility index (Phi) is 4.86. The molecule has 6 nitrogen and oxygen atoms in total. The number of nitro groups is 1. The number of ether oxygens (including phenoxy) is 1. The van der Waals surface area contributed by atoms with Crippen molar-refractivity contribution in [1.29, 1.82) is 0 Å². The molecule has 0 saturated heterocycles. The van der Waals surface area contributed by atoms with Crippen LogP contribution in [0.2, 0.25) is 0 Å². The summed E-state index contributed by atoms with van der Waals surface area (Å²) in [5.41, 5.74) is 1.29. The predicted octanol–water partition coefficient (Wildman–Crippen LogP) is 2.51. The lowest BCUT2D eigenvalue weighted by atomic mass is 10.0. The summed E-state index contributed by atoms with van der Waals surface area (Å²) >= 11 is 0. The number of nitrogens with one attached hydrogen (secondary N) is 1. The van der Waals surface area contributed by atoms with E-state index in [1.165, 1.54) is 19.2 Å². The lowest BCUT2D eigenvalue weighted by Gasteiger charge is -2.21. The Morgan fingerprint density at radius 3 is 2.47 bits per heavy atom. The van der Waals surface area contributed by atoms with Gasteiger partial charge in [-0.3, -0.25) is 10.1 Å². The number of benzene rings is 1. The summed E-state index contributed by atoms with van der Waals surface area (Å²) < 4.78 is 4.72. The average molecular weight is 266 g/mol. The van der Waals surface area contributed by atoms with Crippen LogP contribution in [0.15, 0.2) is 18.2 Å². The van der Waals surface area contributed by atoms with E-state index in [0.29, 0.717) is 5.69 Å². The fourth-order valence-electron chi connectivity index (χ4n) is 1.76. The Balaban J connectivity index is 3.02. The van der Waals surface area contributed by atoms with E-state index in [2.05, 4.69) is 5.32 Å². The third-order valence-corrected chi connectivity index (χ3v) is 2.72. The SMILES string of the molecule is COC(=O)C(Nc1cc(C)cc([N+](=O)[O-])c1)C(C)C. The first kappa shape index (κ1) is 14.9. The molecule has 0 amide bonds. The van der Waals surface area contributed by atoms with Gasteiger partial charge in [-0.1, -0.05) is 13.8 Å². The van der Waals surface area contributed by atoms with Crippen molar-refractivity contribution >= 4 is 17.3 Å². The molecule has 1 atom stereocenters. The van der Waals surface area contributed by atoms with Crippen molar-refractivity contribution in [3.05, 3.63) is 33.9 Å². The fourth-order valence-corrected chi connectivity index (χ4v) is 1.76. The number of nitro benzene ring substituents is 1. The summed E-state index contributed by atoms with van der Waals surface area (Å²) in [7, 11) is 1.32. The Labute approximate surface area is 111 Å². The molecule has 1 aromatic carbocycles. The van der Waals surface area contributed by atoms with Crippen LogP contribution >= 0.6 is 0 Å². The van der Waals surface area contributed by atoms with Crippen LogP contribution in [0.1, 0.15) is 19.4 Å². The lowest BCUT2D eigenvalue weighted by Crippen LogP contribution is -2.35. The highest BCUT2D eigenvalue weighted by molar-refractivity contribution is 5.79. The van der Waals surface area contributed by atoms with Gasteiger partial charge < -0.3 is 10.1 Å². The number of methoxy groups -OCH3 is 1. The summed E-state index contributed by atoms with van der Waals surface area (Å²) in [5.74, 6) is -0.383. The Hall–Kier alpha value is -2.11. The fraction of sp³-hybridized carbons (Fsp3) is 0.462. The van der Waals surface area contributed by atoms with Gasteiger partial charge in [-0.05, 0) is 24.5 Å². The second-order valence-electron chi connectivity index (χ2n) is 4.70. The summed E-state index contributed by atoms with van der Waals surface area (Å²) in [6.45, 7) is 5.51. The first-order valence-corrected chi connectivity index (χ1v) is 5.95. The highest BCUT2D eigenvalue weighted by Gasteiger charge is 2.23. The van der Waals surface area contributed by atoms with Crippen LogP contribution < -0.4 is 5.32 Å². The molecule has 0 heterocycles. The second-order valence-corrected chi connectivity index (χ2v) is 4.70. The van der Waals surface area contributed by atoms with Gasteiger partial charge in [-0.25, -0.2) is 4.79 Å². The number of aryl methyl sites for hydroxylation is 1. The van der Waals surface area contributed by atoms with Crippen LogP contribution in [0, 0.1) is 23.0 Å². The Morgan fingerprint density at radius 1 is 1.37 bits per heavy atom. The minimum absolute atomic E-state index is 0.00475. The molecule has 104 valence electrons. The molecule has 1 aromatic rings. The zero-order chi connectivity index (χ0) is 14.6. The maximum Gasteiger partial charge on any atom is 0.328 e. The van der Waals surface area contributed by atoms with Gasteiger partial charge in [0.15, 0.2) is 0 Å². The molecule has 0 radical (unpaired) electrons. The quantitative estimate of drug-likeness (QED) is 0.503. The van der Waals surface area contributed by atoms with Gasteiger partial charge >= 0.3 is 5.97 Å². The number of carbonyl (C=O) groups is 1. The number of nitrogens with zero attached hydrogens (tertiary/aromatic N) is 1. The van der Waals surface area contributed by atoms with E-state index < -0.39 is 11.0 Å². The van der Waals surface area contributed by atoms with Crippen molar-refractivity contribution in [1.82, 2.24) is 0 Å². The molecule has 0 fully saturated rings. The molecule has 1 rings (SSSR count). The number of rotatable bonds is 5. The molecule has 0 aromatic heterocycles. The van der Waals surface area contributed by atoms with Crippen LogP contribution in [0.4, 0.5) is 11.4 Å². The number of hydrogen-bond acceptors (Lipinski definition) is 5. The molecule has 1 N–H and O–H groups in total. The van der Waals surface area contributed by atoms with Crippen LogP contribution in [0.25, 0.3) is 0 Å². The summed E-state index contributed by atoms with van der Waals surface area (Å²) in [4.78, 5) is 22.0. The van der Waals surface area contributed by atoms with Crippen LogP contribution in [-0.2, 0) is 9.53 Å². The highest BCUT2D eigenvalue weighted by Crippen LogP contribution is 2.22. The van der Waals surface area contributed by atoms with Gasteiger partial charge in [0.2, 0.25) is 0 Å². The number of non-ortho nitro benzene ring substituents is 1. The zero-order valence-electron chi connectivity index (χ0n) is 11.5. The second kappa shape index (κ2) is 6.17. The molecule has 0 saturated carbocycles. The number of anilines is 1. The van der Waals surface area contributed by atoms with Crippen LogP contribution in [0.5, 0.6) is 0 Å². The van der Waals surface area contributed by atoms with E-state index in [0.717, 1.165) is 5.56 Å². The smallest absolute Gasteiger partial charge is 0.328 e. The predicted molar refractivity (Wildman–Crippen MR) is 72.1 cm³/mol. The molecule has 6 heteroatoms. The van der Waals surface area contributed by atoms with Crippen LogP contribution in [-0.4, -0.2) is 24.0 Å². The third-order valence-electron chi connectivity index (χ3n) is 2.72. The standard InChI is InChI=1S/C13H18N2O4/c1-8(2)12(13(16)19-4)14-10-5-9(3)6-11(7-10)15(17)18/h5-8,12,14H,1-4H3. The van der Waals surface area contributed by atoms with E-state index in [1.54, 1.807) is 13.0 Å². The monoisotopic (exact) mass is 266 g/mol. The van der Waals surface area contributed by atoms with Gasteiger partial charge in [0, 0.05) is 17.8 Å². The van der Waals surface area contributed by atoms with Crippen molar-refractivity contribution < 1.29 is 14.5 Å². The van der Waals surface area contributed by atoms with E-state index in [4.69, 9.17) is 4.74 Å². The number of carbonyl (C=O) groups excluding carboxylic acids is 1. The summed E-state index contributed by atoms with van der Waals surface area (Å²) in [5, 5.41) is 13.8. The molecule has 0 aliphatic rings. The molecule has 0 aliphatic heterocycles. The molecule has 1 unspecified atom stereocenters. The van der Waals surface area contributed by atoms with Crippen LogP contribution in [0.3, 0.4) is 0 Å². The van der Waals surface area contributed by atoms with Crippen molar-refractivity contribution in [2.45, 2.75) is 26.8 Å². The van der Waals surface area contributed by atoms with E-state index in [9.17, 15) is 14.9 Å². The molecule has 0 aliphatic carbocycles. The highest BCUT2D eigenvalue weighted by atomic mass is 16.6. The molecule has 0 bridgehead atoms. The third kappa shape index (κ3) is 3.94. The normalized spacial score (nSPS) is 12.1. The van der Waals surface area contributed by atoms with Gasteiger partial charge in [-0.15, -0.1) is 0 Å². The topological polar surface area (TPSA) is 81.5 Å². The minimum atomic E-state index is -0.536. The number of hydrogen-bond donors (Lipinski definition) is 1. The zero-order valence-corrected chi connectivity index (χ0v) is 11.5. The summed E-state index contributed by atoms with van der Waals surface area (Å²) in [6, 6.07) is 4.11. The minimum Gasteiger partial charge on any atom is -0.467 e. The number of esters is 1. The van der Waals surface area contributed by atoms with Gasteiger partial charge in [0.25, 0.3) is 5.69 Å². The summed E-state index contributed by atoms with van der Waals surface area (Å²) in [6.07, 6.45) is 0. The molecule has 19 heavy (non-hydrogen) atoms.